The molecule has 0 bridgehead atoms. The van der Waals surface area contributed by atoms with Gasteiger partial charge in [0.25, 0.3) is 10.1 Å². The average Bonchev–Trinajstić information content (AvgIpc) is 2.36. The molecule has 0 spiro atoms. The van der Waals surface area contributed by atoms with Gasteiger partial charge in [0.1, 0.15) is 16.4 Å². The quantitative estimate of drug-likeness (QED) is 0.617. The van der Waals surface area contributed by atoms with Crippen LogP contribution in [0.25, 0.3) is 0 Å². The van der Waals surface area contributed by atoms with E-state index in [1.54, 1.807) is 6.07 Å². The maximum atomic E-state index is 11.5. The highest BCUT2D eigenvalue weighted by molar-refractivity contribution is 7.86. The molecule has 1 aromatic rings. The molecule has 0 saturated carbocycles. The molecule has 0 radical (unpaired) electrons. The fourth-order valence-corrected chi connectivity index (χ4v) is 2.83. The van der Waals surface area contributed by atoms with E-state index in [1.807, 2.05) is 0 Å². The monoisotopic (exact) mass is 288 g/mol. The zero-order valence-corrected chi connectivity index (χ0v) is 12.3. The Labute approximate surface area is 114 Å². The highest BCUT2D eigenvalue weighted by atomic mass is 32.2. The van der Waals surface area contributed by atoms with E-state index in [1.165, 1.54) is 20.3 Å². The van der Waals surface area contributed by atoms with E-state index in [9.17, 15) is 13.0 Å². The number of rotatable bonds is 7. The van der Waals surface area contributed by atoms with Crippen LogP contribution in [-0.2, 0) is 16.5 Å². The van der Waals surface area contributed by atoms with Crippen molar-refractivity contribution >= 4 is 10.1 Å². The molecule has 0 aliphatic heterocycles. The number of hydrogen-bond donors (Lipinski definition) is 1. The van der Waals surface area contributed by atoms with Crippen LogP contribution in [0, 0.1) is 0 Å². The van der Waals surface area contributed by atoms with Gasteiger partial charge in [-0.25, -0.2) is 0 Å². The fraction of sp³-hybridized carbons (Fsp3) is 0.538. The number of methoxy groups -OCH3 is 2. The molecule has 0 saturated heterocycles. The Morgan fingerprint density at radius 1 is 1.16 bits per heavy atom. The normalized spacial score (nSPS) is 11.4. The SMILES string of the molecule is CCCCCc1cc(OC)cc(OC)c1S(=O)(=O)O. The van der Waals surface area contributed by atoms with Crippen molar-refractivity contribution in [2.24, 2.45) is 0 Å². The Balaban J connectivity index is 3.30. The van der Waals surface area contributed by atoms with Crippen LogP contribution in [0.15, 0.2) is 17.0 Å². The molecule has 0 fully saturated rings. The zero-order valence-electron chi connectivity index (χ0n) is 11.5. The second-order valence-electron chi connectivity index (χ2n) is 4.25. The van der Waals surface area contributed by atoms with Gasteiger partial charge < -0.3 is 9.47 Å². The predicted octanol–water partition coefficient (Wildman–Crippen LogP) is 2.68. The van der Waals surface area contributed by atoms with Crippen LogP contribution in [-0.4, -0.2) is 27.2 Å². The van der Waals surface area contributed by atoms with Crippen molar-refractivity contribution in [3.8, 4) is 11.5 Å². The molecule has 0 aliphatic carbocycles. The minimum atomic E-state index is -4.32. The van der Waals surface area contributed by atoms with Crippen LogP contribution in [0.2, 0.25) is 0 Å². The van der Waals surface area contributed by atoms with Crippen molar-refractivity contribution in [3.05, 3.63) is 17.7 Å². The Kier molecular flexibility index (Phi) is 5.62. The molecule has 1 rings (SSSR count). The lowest BCUT2D eigenvalue weighted by Crippen LogP contribution is -2.07. The van der Waals surface area contributed by atoms with Crippen molar-refractivity contribution in [2.45, 2.75) is 37.5 Å². The van der Waals surface area contributed by atoms with Gasteiger partial charge in [0.05, 0.1) is 14.2 Å². The first-order chi connectivity index (χ1) is 8.93. The summed E-state index contributed by atoms with van der Waals surface area (Å²) in [6.07, 6.45) is 3.42. The minimum absolute atomic E-state index is 0.105. The van der Waals surface area contributed by atoms with Gasteiger partial charge in [-0.2, -0.15) is 8.42 Å². The topological polar surface area (TPSA) is 72.8 Å². The van der Waals surface area contributed by atoms with Crippen molar-refractivity contribution in [3.63, 3.8) is 0 Å². The lowest BCUT2D eigenvalue weighted by atomic mass is 10.1. The highest BCUT2D eigenvalue weighted by Crippen LogP contribution is 2.33. The second kappa shape index (κ2) is 6.77. The maximum Gasteiger partial charge on any atom is 0.298 e. The van der Waals surface area contributed by atoms with E-state index >= 15 is 0 Å². The van der Waals surface area contributed by atoms with E-state index < -0.39 is 10.1 Å². The van der Waals surface area contributed by atoms with Crippen molar-refractivity contribution in [1.29, 1.82) is 0 Å². The maximum absolute atomic E-state index is 11.5. The summed E-state index contributed by atoms with van der Waals surface area (Å²) >= 11 is 0. The lowest BCUT2D eigenvalue weighted by Gasteiger charge is -2.13. The van der Waals surface area contributed by atoms with Crippen LogP contribution in [0.3, 0.4) is 0 Å². The standard InChI is InChI=1S/C13H20O5S/c1-4-5-6-7-10-8-11(17-2)9-12(18-3)13(10)19(14,15)16/h8-9H,4-7H2,1-3H3,(H,14,15,16). The van der Waals surface area contributed by atoms with Gasteiger partial charge in [-0.1, -0.05) is 19.8 Å². The molecule has 0 aliphatic rings. The molecule has 0 heterocycles. The zero-order chi connectivity index (χ0) is 14.5. The average molecular weight is 288 g/mol. The fourth-order valence-electron chi connectivity index (χ4n) is 1.95. The van der Waals surface area contributed by atoms with Crippen LogP contribution in [0.4, 0.5) is 0 Å². The van der Waals surface area contributed by atoms with Crippen LogP contribution >= 0.6 is 0 Å². The number of benzene rings is 1. The Morgan fingerprint density at radius 2 is 1.84 bits per heavy atom. The van der Waals surface area contributed by atoms with Crippen molar-refractivity contribution in [1.82, 2.24) is 0 Å². The third-order valence-corrected chi connectivity index (χ3v) is 3.85. The number of ether oxygens (including phenoxy) is 2. The third-order valence-electron chi connectivity index (χ3n) is 2.87. The number of hydrogen-bond acceptors (Lipinski definition) is 4. The first-order valence-electron chi connectivity index (χ1n) is 6.16. The van der Waals surface area contributed by atoms with Gasteiger partial charge in [-0.05, 0) is 24.5 Å². The molecule has 0 aromatic heterocycles. The van der Waals surface area contributed by atoms with Gasteiger partial charge in [0, 0.05) is 6.07 Å². The van der Waals surface area contributed by atoms with Gasteiger partial charge in [-0.15, -0.1) is 0 Å². The molecule has 6 heteroatoms. The summed E-state index contributed by atoms with van der Waals surface area (Å²) in [7, 11) is -1.46. The van der Waals surface area contributed by atoms with Crippen molar-refractivity contribution < 1.29 is 22.4 Å². The van der Waals surface area contributed by atoms with E-state index in [0.29, 0.717) is 17.7 Å². The molecule has 108 valence electrons. The summed E-state index contributed by atoms with van der Waals surface area (Å²) in [5.74, 6) is 0.615. The summed E-state index contributed by atoms with van der Waals surface area (Å²) in [6, 6.07) is 3.08. The van der Waals surface area contributed by atoms with Gasteiger partial charge in [0.2, 0.25) is 0 Å². The van der Waals surface area contributed by atoms with E-state index in [-0.39, 0.29) is 10.6 Å². The summed E-state index contributed by atoms with van der Waals surface area (Å²) in [5, 5.41) is 0. The summed E-state index contributed by atoms with van der Waals surface area (Å²) in [6.45, 7) is 2.07. The largest absolute Gasteiger partial charge is 0.497 e. The van der Waals surface area contributed by atoms with Crippen LogP contribution in [0.1, 0.15) is 31.7 Å². The smallest absolute Gasteiger partial charge is 0.298 e. The Bertz CT molecular complexity index is 522. The second-order valence-corrected chi connectivity index (χ2v) is 5.61. The Hall–Kier alpha value is -1.27. The molecule has 1 N–H and O–H groups in total. The molecule has 0 amide bonds. The Morgan fingerprint density at radius 3 is 2.32 bits per heavy atom. The lowest BCUT2D eigenvalue weighted by molar-refractivity contribution is 0.381. The third kappa shape index (κ3) is 4.11. The summed E-state index contributed by atoms with van der Waals surface area (Å²) in [4.78, 5) is -0.160. The first kappa shape index (κ1) is 15.8. The molecule has 19 heavy (non-hydrogen) atoms. The summed E-state index contributed by atoms with van der Waals surface area (Å²) < 4.78 is 42.5. The molecule has 5 nitrogen and oxygen atoms in total. The number of aryl methyl sites for hydroxylation is 1. The first-order valence-corrected chi connectivity index (χ1v) is 7.60. The van der Waals surface area contributed by atoms with E-state index in [2.05, 4.69) is 6.92 Å². The molecular formula is C13H20O5S. The molecule has 0 unspecified atom stereocenters. The van der Waals surface area contributed by atoms with Crippen LogP contribution in [0.5, 0.6) is 11.5 Å². The predicted molar refractivity (Wildman–Crippen MR) is 72.6 cm³/mol. The van der Waals surface area contributed by atoms with Crippen LogP contribution < -0.4 is 9.47 Å². The minimum Gasteiger partial charge on any atom is -0.497 e. The van der Waals surface area contributed by atoms with Crippen molar-refractivity contribution in [2.75, 3.05) is 14.2 Å². The van der Waals surface area contributed by atoms with E-state index in [4.69, 9.17) is 9.47 Å². The molecule has 1 aromatic carbocycles. The molecular weight excluding hydrogens is 268 g/mol. The van der Waals surface area contributed by atoms with Gasteiger partial charge in [0.15, 0.2) is 0 Å². The highest BCUT2D eigenvalue weighted by Gasteiger charge is 2.22. The van der Waals surface area contributed by atoms with Gasteiger partial charge >= 0.3 is 0 Å². The van der Waals surface area contributed by atoms with Gasteiger partial charge in [-0.3, -0.25) is 4.55 Å². The van der Waals surface area contributed by atoms with E-state index in [0.717, 1.165) is 19.3 Å². The number of unbranched alkanes of at least 4 members (excludes halogenated alkanes) is 2. The molecule has 0 atom stereocenters. The summed E-state index contributed by atoms with van der Waals surface area (Å²) in [5.41, 5.74) is 0.521.